The number of hydrogen-bond acceptors (Lipinski definition) is 3. The summed E-state index contributed by atoms with van der Waals surface area (Å²) in [5, 5.41) is 0. The molecule has 20 heavy (non-hydrogen) atoms. The van der Waals surface area contributed by atoms with Crippen molar-refractivity contribution in [1.82, 2.24) is 9.97 Å². The molecule has 1 N–H and O–H groups in total. The van der Waals surface area contributed by atoms with Crippen LogP contribution in [0.25, 0.3) is 0 Å². The summed E-state index contributed by atoms with van der Waals surface area (Å²) in [5.41, 5.74) is 0.769. The fraction of sp³-hybridized carbons (Fsp3) is 0.286. The molecule has 1 aromatic carbocycles. The first-order valence-electron chi connectivity index (χ1n) is 6.26. The Balaban J connectivity index is 2.13. The summed E-state index contributed by atoms with van der Waals surface area (Å²) >= 11 is 3.56. The Hall–Kier alpha value is -0.890. The van der Waals surface area contributed by atoms with Crippen molar-refractivity contribution in [3.63, 3.8) is 0 Å². The van der Waals surface area contributed by atoms with E-state index in [1.165, 1.54) is 23.9 Å². The van der Waals surface area contributed by atoms with Gasteiger partial charge in [-0.15, -0.1) is 11.8 Å². The lowest BCUT2D eigenvalue weighted by molar-refractivity contribution is 0.626. The van der Waals surface area contributed by atoms with Crippen LogP contribution in [-0.4, -0.2) is 9.97 Å². The second kappa shape index (κ2) is 7.21. The third kappa shape index (κ3) is 4.05. The van der Waals surface area contributed by atoms with Crippen LogP contribution in [0.2, 0.25) is 0 Å². The second-order valence-corrected chi connectivity index (χ2v) is 6.39. The van der Waals surface area contributed by atoms with Gasteiger partial charge in [-0.3, -0.25) is 4.79 Å². The summed E-state index contributed by atoms with van der Waals surface area (Å²) in [6.07, 6.45) is 1.76. The minimum Gasteiger partial charge on any atom is -0.309 e. The second-order valence-electron chi connectivity index (χ2n) is 4.27. The normalized spacial score (nSPS) is 10.8. The maximum absolute atomic E-state index is 12.8. The molecule has 0 atom stereocenters. The fourth-order valence-corrected chi connectivity index (χ4v) is 3.00. The van der Waals surface area contributed by atoms with E-state index in [2.05, 4.69) is 16.9 Å². The Labute approximate surface area is 134 Å². The number of rotatable bonds is 5. The number of thioether (sulfide) groups is 1. The maximum atomic E-state index is 12.8. The molecule has 0 radical (unpaired) electrons. The highest BCUT2D eigenvalue weighted by atomic mass is 127. The van der Waals surface area contributed by atoms with E-state index in [9.17, 15) is 9.18 Å². The van der Waals surface area contributed by atoms with Gasteiger partial charge in [-0.2, -0.15) is 0 Å². The van der Waals surface area contributed by atoms with Crippen molar-refractivity contribution in [3.05, 3.63) is 55.5 Å². The van der Waals surface area contributed by atoms with Gasteiger partial charge in [0.1, 0.15) is 11.6 Å². The number of nitrogens with zero attached hydrogens (tertiary/aromatic N) is 1. The molecule has 0 spiro atoms. The molecule has 0 aliphatic heterocycles. The highest BCUT2D eigenvalue weighted by molar-refractivity contribution is 14.1. The van der Waals surface area contributed by atoms with E-state index in [-0.39, 0.29) is 11.4 Å². The van der Waals surface area contributed by atoms with Crippen molar-refractivity contribution in [2.45, 2.75) is 30.4 Å². The maximum Gasteiger partial charge on any atom is 0.264 e. The van der Waals surface area contributed by atoms with Gasteiger partial charge >= 0.3 is 0 Å². The molecule has 0 aliphatic rings. The number of nitrogens with one attached hydrogen (secondary N) is 1. The van der Waals surface area contributed by atoms with Crippen molar-refractivity contribution in [3.8, 4) is 0 Å². The van der Waals surface area contributed by atoms with Gasteiger partial charge < -0.3 is 4.98 Å². The van der Waals surface area contributed by atoms with Crippen molar-refractivity contribution in [2.24, 2.45) is 0 Å². The Kier molecular flexibility index (Phi) is 5.59. The molecule has 6 heteroatoms. The van der Waals surface area contributed by atoms with Gasteiger partial charge in [0, 0.05) is 4.90 Å². The number of hydrogen-bond donors (Lipinski definition) is 1. The van der Waals surface area contributed by atoms with Gasteiger partial charge in [0.15, 0.2) is 0 Å². The van der Waals surface area contributed by atoms with Crippen LogP contribution in [0.5, 0.6) is 0 Å². The summed E-state index contributed by atoms with van der Waals surface area (Å²) in [4.78, 5) is 20.1. The monoisotopic (exact) mass is 404 g/mol. The Morgan fingerprint density at radius 2 is 2.05 bits per heavy atom. The first-order valence-corrected chi connectivity index (χ1v) is 8.32. The Morgan fingerprint density at radius 3 is 2.70 bits per heavy atom. The lowest BCUT2D eigenvalue weighted by Crippen LogP contribution is -2.17. The molecule has 0 amide bonds. The van der Waals surface area contributed by atoms with Gasteiger partial charge in [0.25, 0.3) is 5.56 Å². The summed E-state index contributed by atoms with van der Waals surface area (Å²) < 4.78 is 13.5. The van der Waals surface area contributed by atoms with E-state index < -0.39 is 0 Å². The molecule has 0 saturated heterocycles. The number of aryl methyl sites for hydroxylation is 1. The van der Waals surface area contributed by atoms with Crippen LogP contribution in [0.15, 0.2) is 34.0 Å². The molecule has 2 aromatic rings. The first-order chi connectivity index (χ1) is 9.60. The molecular formula is C14H14FIN2OS. The number of H-pyrrole nitrogens is 1. The van der Waals surface area contributed by atoms with Crippen LogP contribution in [0.3, 0.4) is 0 Å². The molecule has 0 fully saturated rings. The number of aromatic amines is 1. The summed E-state index contributed by atoms with van der Waals surface area (Å²) in [7, 11) is 0. The minimum absolute atomic E-state index is 0.0845. The van der Waals surface area contributed by atoms with Crippen LogP contribution in [0.4, 0.5) is 4.39 Å². The van der Waals surface area contributed by atoms with Crippen LogP contribution < -0.4 is 5.56 Å². The molecule has 0 unspecified atom stereocenters. The SMILES string of the molecule is CCCc1nc(CSc2ccc(F)cc2)[nH]c(=O)c1I. The quantitative estimate of drug-likeness (QED) is 0.610. The van der Waals surface area contributed by atoms with E-state index in [1.807, 2.05) is 22.6 Å². The van der Waals surface area contributed by atoms with E-state index in [4.69, 9.17) is 0 Å². The van der Waals surface area contributed by atoms with Crippen molar-refractivity contribution >= 4 is 34.4 Å². The molecule has 0 saturated carbocycles. The summed E-state index contributed by atoms with van der Waals surface area (Å²) in [5.74, 6) is 0.975. The smallest absolute Gasteiger partial charge is 0.264 e. The fourth-order valence-electron chi connectivity index (χ4n) is 1.71. The first kappa shape index (κ1) is 15.5. The predicted molar refractivity (Wildman–Crippen MR) is 87.5 cm³/mol. The molecule has 1 aromatic heterocycles. The standard InChI is InChI=1S/C14H14FIN2OS/c1-2-3-11-13(16)14(19)18-12(17-11)8-20-10-6-4-9(15)5-7-10/h4-7H,2-3,8H2,1H3,(H,17,18,19). The molecule has 0 bridgehead atoms. The summed E-state index contributed by atoms with van der Waals surface area (Å²) in [6, 6.07) is 6.29. The number of halogens is 2. The van der Waals surface area contributed by atoms with E-state index >= 15 is 0 Å². The molecular weight excluding hydrogens is 390 g/mol. The van der Waals surface area contributed by atoms with Crippen LogP contribution >= 0.6 is 34.4 Å². The summed E-state index contributed by atoms with van der Waals surface area (Å²) in [6.45, 7) is 2.06. The van der Waals surface area contributed by atoms with Crippen LogP contribution in [0.1, 0.15) is 24.9 Å². The lowest BCUT2D eigenvalue weighted by atomic mass is 10.2. The topological polar surface area (TPSA) is 45.8 Å². The van der Waals surface area contributed by atoms with Crippen LogP contribution in [-0.2, 0) is 12.2 Å². The lowest BCUT2D eigenvalue weighted by Gasteiger charge is -2.06. The van der Waals surface area contributed by atoms with Gasteiger partial charge in [0.05, 0.1) is 15.0 Å². The van der Waals surface area contributed by atoms with E-state index in [0.29, 0.717) is 15.1 Å². The third-order valence-corrected chi connectivity index (χ3v) is 4.79. The van der Waals surface area contributed by atoms with Crippen molar-refractivity contribution in [2.75, 3.05) is 0 Å². The van der Waals surface area contributed by atoms with E-state index in [0.717, 1.165) is 23.4 Å². The average molecular weight is 404 g/mol. The van der Waals surface area contributed by atoms with Gasteiger partial charge in [-0.25, -0.2) is 9.37 Å². The average Bonchev–Trinajstić information content (AvgIpc) is 2.44. The zero-order valence-corrected chi connectivity index (χ0v) is 13.9. The number of aromatic nitrogens is 2. The van der Waals surface area contributed by atoms with Gasteiger partial charge in [-0.05, 0) is 53.3 Å². The van der Waals surface area contributed by atoms with Gasteiger partial charge in [-0.1, -0.05) is 13.3 Å². The molecule has 106 valence electrons. The zero-order valence-electron chi connectivity index (χ0n) is 11.0. The molecule has 2 rings (SSSR count). The third-order valence-electron chi connectivity index (χ3n) is 2.66. The minimum atomic E-state index is -0.250. The highest BCUT2D eigenvalue weighted by Crippen LogP contribution is 2.21. The molecule has 1 heterocycles. The van der Waals surface area contributed by atoms with Crippen molar-refractivity contribution in [1.29, 1.82) is 0 Å². The largest absolute Gasteiger partial charge is 0.309 e. The zero-order chi connectivity index (χ0) is 14.5. The Bertz CT molecular complexity index is 643. The van der Waals surface area contributed by atoms with Gasteiger partial charge in [0.2, 0.25) is 0 Å². The number of benzene rings is 1. The van der Waals surface area contributed by atoms with Crippen molar-refractivity contribution < 1.29 is 4.39 Å². The molecule has 0 aliphatic carbocycles. The Morgan fingerprint density at radius 1 is 1.35 bits per heavy atom. The van der Waals surface area contributed by atoms with E-state index in [1.54, 1.807) is 12.1 Å². The molecule has 3 nitrogen and oxygen atoms in total. The predicted octanol–water partition coefficient (Wildman–Crippen LogP) is 3.76. The highest BCUT2D eigenvalue weighted by Gasteiger charge is 2.08. The van der Waals surface area contributed by atoms with Crippen LogP contribution in [0, 0.1) is 9.39 Å².